The summed E-state index contributed by atoms with van der Waals surface area (Å²) in [7, 11) is 1.51. The minimum Gasteiger partial charge on any atom is -0.462 e. The number of esters is 2. The molecule has 2 unspecified atom stereocenters. The summed E-state index contributed by atoms with van der Waals surface area (Å²) in [6, 6.07) is 0. The summed E-state index contributed by atoms with van der Waals surface area (Å²) in [6.07, 6.45) is 90.4. The third-order valence-corrected chi connectivity index (χ3v) is 19.2. The van der Waals surface area contributed by atoms with Crippen LogP contribution in [0.1, 0.15) is 418 Å². The van der Waals surface area contributed by atoms with Crippen molar-refractivity contribution >= 4 is 19.8 Å². The second kappa shape index (κ2) is 70.8. The first kappa shape index (κ1) is 87.5. The number of quaternary nitrogens is 1. The van der Waals surface area contributed by atoms with Crippen LogP contribution < -0.4 is 0 Å². The van der Waals surface area contributed by atoms with Gasteiger partial charge in [-0.2, -0.15) is 0 Å². The van der Waals surface area contributed by atoms with Crippen LogP contribution in [0.4, 0.5) is 0 Å². The monoisotopic (exact) mass is 1280 g/mol. The molecule has 0 aromatic rings. The van der Waals surface area contributed by atoms with Gasteiger partial charge >= 0.3 is 19.8 Å². The molecule has 0 aliphatic rings. The zero-order valence-corrected chi connectivity index (χ0v) is 61.4. The number of nitrogens with zero attached hydrogens (tertiary/aromatic N) is 1. The molecule has 0 amide bonds. The van der Waals surface area contributed by atoms with Crippen molar-refractivity contribution in [3.63, 3.8) is 0 Å². The number of likely N-dealkylation sites (N-methyl/N-ethyl adjacent to an activating group) is 1. The number of phosphoric ester groups is 1. The molecule has 0 aliphatic carbocycles. The van der Waals surface area contributed by atoms with Gasteiger partial charge in [-0.3, -0.25) is 18.6 Å². The molecule has 89 heavy (non-hydrogen) atoms. The lowest BCUT2D eigenvalue weighted by Gasteiger charge is -2.24. The molecule has 0 heterocycles. The van der Waals surface area contributed by atoms with E-state index in [0.717, 1.165) is 44.9 Å². The van der Waals surface area contributed by atoms with Crippen molar-refractivity contribution in [3.8, 4) is 0 Å². The van der Waals surface area contributed by atoms with E-state index in [-0.39, 0.29) is 25.6 Å². The summed E-state index contributed by atoms with van der Waals surface area (Å²) >= 11 is 0. The summed E-state index contributed by atoms with van der Waals surface area (Å²) in [6.45, 7) is 4.52. The van der Waals surface area contributed by atoms with Gasteiger partial charge in [0.25, 0.3) is 0 Å². The number of unbranched alkanes of at least 4 members (excludes halogenated alkanes) is 57. The number of allylic oxidation sites excluding steroid dienone is 4. The van der Waals surface area contributed by atoms with Gasteiger partial charge in [-0.15, -0.1) is 0 Å². The zero-order chi connectivity index (χ0) is 64.8. The van der Waals surface area contributed by atoms with Gasteiger partial charge in [-0.25, -0.2) is 4.57 Å². The Morgan fingerprint density at radius 1 is 0.348 bits per heavy atom. The Hall–Kier alpha value is -1.51. The largest absolute Gasteiger partial charge is 0.472 e. The van der Waals surface area contributed by atoms with Gasteiger partial charge in [0.2, 0.25) is 0 Å². The van der Waals surface area contributed by atoms with Gasteiger partial charge in [-0.1, -0.05) is 385 Å². The molecule has 0 saturated carbocycles. The predicted molar refractivity (Wildman–Crippen MR) is 386 cm³/mol. The van der Waals surface area contributed by atoms with Crippen LogP contribution in [0.15, 0.2) is 24.3 Å². The van der Waals surface area contributed by atoms with Gasteiger partial charge in [0.15, 0.2) is 6.10 Å². The fraction of sp³-hybridized carbons (Fsp3) is 0.924. The number of carbonyl (C=O) groups excluding carboxylic acids is 2. The van der Waals surface area contributed by atoms with Crippen LogP contribution >= 0.6 is 7.82 Å². The van der Waals surface area contributed by atoms with Gasteiger partial charge < -0.3 is 18.9 Å². The minimum atomic E-state index is -4.39. The molecule has 2 atom stereocenters. The highest BCUT2D eigenvalue weighted by Crippen LogP contribution is 2.43. The lowest BCUT2D eigenvalue weighted by Crippen LogP contribution is -2.37. The molecule has 0 radical (unpaired) electrons. The number of hydrogen-bond donors (Lipinski definition) is 1. The van der Waals surface area contributed by atoms with Crippen LogP contribution in [0, 0.1) is 0 Å². The maximum Gasteiger partial charge on any atom is 0.472 e. The van der Waals surface area contributed by atoms with E-state index in [1.165, 1.54) is 347 Å². The van der Waals surface area contributed by atoms with Crippen LogP contribution in [-0.4, -0.2) is 74.9 Å². The van der Waals surface area contributed by atoms with Crippen LogP contribution in [0.2, 0.25) is 0 Å². The summed E-state index contributed by atoms with van der Waals surface area (Å²) in [5.74, 6) is -0.768. The molecule has 9 nitrogen and oxygen atoms in total. The maximum absolute atomic E-state index is 12.9. The van der Waals surface area contributed by atoms with Crippen molar-refractivity contribution in [1.82, 2.24) is 0 Å². The van der Waals surface area contributed by atoms with Crippen molar-refractivity contribution < 1.29 is 42.1 Å². The van der Waals surface area contributed by atoms with Gasteiger partial charge in [0, 0.05) is 12.8 Å². The summed E-state index contributed by atoms with van der Waals surface area (Å²) in [4.78, 5) is 36.0. The molecule has 0 spiro atoms. The molecule has 0 aliphatic heterocycles. The van der Waals surface area contributed by atoms with E-state index in [9.17, 15) is 19.0 Å². The van der Waals surface area contributed by atoms with Crippen LogP contribution in [-0.2, 0) is 32.7 Å². The summed E-state index contributed by atoms with van der Waals surface area (Å²) < 4.78 is 34.8. The second-order valence-corrected chi connectivity index (χ2v) is 29.9. The molecule has 0 aromatic heterocycles. The molecule has 0 fully saturated rings. The summed E-state index contributed by atoms with van der Waals surface area (Å²) in [5.41, 5.74) is 0. The third kappa shape index (κ3) is 75.4. The highest BCUT2D eigenvalue weighted by molar-refractivity contribution is 7.47. The van der Waals surface area contributed by atoms with Gasteiger partial charge in [0.1, 0.15) is 19.8 Å². The van der Waals surface area contributed by atoms with E-state index in [0.29, 0.717) is 17.4 Å². The number of rotatable bonds is 75. The Balaban J connectivity index is 3.90. The minimum absolute atomic E-state index is 0.0365. The van der Waals surface area contributed by atoms with Gasteiger partial charge in [0.05, 0.1) is 27.7 Å². The average Bonchev–Trinajstić information content (AvgIpc) is 3.60. The molecule has 0 saturated heterocycles. The van der Waals surface area contributed by atoms with E-state index in [2.05, 4.69) is 38.2 Å². The van der Waals surface area contributed by atoms with Crippen LogP contribution in [0.3, 0.4) is 0 Å². The Morgan fingerprint density at radius 3 is 0.888 bits per heavy atom. The molecule has 0 rings (SSSR count). The highest BCUT2D eigenvalue weighted by atomic mass is 31.2. The lowest BCUT2D eigenvalue weighted by molar-refractivity contribution is -0.870. The molecular formula is C79H155NO8P+. The van der Waals surface area contributed by atoms with Crippen molar-refractivity contribution in [1.29, 1.82) is 0 Å². The smallest absolute Gasteiger partial charge is 0.462 e. The average molecular weight is 1280 g/mol. The van der Waals surface area contributed by atoms with E-state index < -0.39 is 26.5 Å². The Morgan fingerprint density at radius 2 is 0.607 bits per heavy atom. The van der Waals surface area contributed by atoms with E-state index in [1.807, 2.05) is 21.1 Å². The third-order valence-electron chi connectivity index (χ3n) is 18.2. The van der Waals surface area contributed by atoms with Crippen LogP contribution in [0.5, 0.6) is 0 Å². The number of hydrogen-bond acceptors (Lipinski definition) is 7. The second-order valence-electron chi connectivity index (χ2n) is 28.5. The maximum atomic E-state index is 12.9. The van der Waals surface area contributed by atoms with E-state index in [1.54, 1.807) is 0 Å². The lowest BCUT2D eigenvalue weighted by atomic mass is 10.0. The fourth-order valence-corrected chi connectivity index (χ4v) is 12.9. The number of carbonyl (C=O) groups is 2. The summed E-state index contributed by atoms with van der Waals surface area (Å²) in [5, 5.41) is 0. The Kier molecular flexibility index (Phi) is 69.6. The first-order valence-electron chi connectivity index (χ1n) is 39.6. The van der Waals surface area contributed by atoms with Crippen molar-refractivity contribution in [3.05, 3.63) is 24.3 Å². The molecule has 0 aromatic carbocycles. The molecule has 10 heteroatoms. The van der Waals surface area contributed by atoms with E-state index >= 15 is 0 Å². The normalized spacial score (nSPS) is 13.1. The molecular weight excluding hydrogens is 1120 g/mol. The number of ether oxygens (including phenoxy) is 2. The quantitative estimate of drug-likeness (QED) is 0.0211. The van der Waals surface area contributed by atoms with Crippen LogP contribution in [0.25, 0.3) is 0 Å². The van der Waals surface area contributed by atoms with Gasteiger partial charge in [-0.05, 0) is 44.9 Å². The fourth-order valence-electron chi connectivity index (χ4n) is 12.2. The first-order valence-corrected chi connectivity index (χ1v) is 41.1. The zero-order valence-electron chi connectivity index (χ0n) is 60.5. The number of phosphoric acid groups is 1. The highest BCUT2D eigenvalue weighted by Gasteiger charge is 2.27. The molecule has 528 valence electrons. The van der Waals surface area contributed by atoms with E-state index in [4.69, 9.17) is 18.5 Å². The molecule has 0 bridgehead atoms. The predicted octanol–water partition coefficient (Wildman–Crippen LogP) is 26.0. The first-order chi connectivity index (χ1) is 43.5. The standard InChI is InChI=1S/C79H154NO8P/c1-6-8-10-12-14-16-18-20-22-24-26-28-30-32-34-36-37-38-39-40-41-42-43-44-46-48-50-52-54-56-58-60-62-64-66-68-70-72-79(82)88-77(76-87-89(83,84)86-74-73-80(3,4)5)75-85-78(81)71-69-67-65-63-61-59-57-55-53-51-49-47-45-35-33-31-29-27-25-23-21-19-17-15-13-11-9-7-2/h18,20,24,26,77H,6-17,19,21-23,25,27-76H2,1-5H3/p+1/b20-18-,26-24-. The SMILES string of the molecule is CCCCCCC/C=C\C/C=C\CCCCCCCCCCCCCCCCCCCCCCCCCCCC(=O)OC(COC(=O)CCCCCCCCCCCCCCCCCCCCCCCCCCCCCC)COP(=O)(O)OCC[N+](C)(C)C. The van der Waals surface area contributed by atoms with Crippen molar-refractivity contribution in [2.24, 2.45) is 0 Å². The Labute approximate surface area is 555 Å². The molecule has 1 N–H and O–H groups in total. The van der Waals surface area contributed by atoms with Crippen molar-refractivity contribution in [2.75, 3.05) is 47.5 Å². The van der Waals surface area contributed by atoms with Crippen molar-refractivity contribution in [2.45, 2.75) is 424 Å². The topological polar surface area (TPSA) is 108 Å². The Bertz CT molecular complexity index is 1550.